The van der Waals surface area contributed by atoms with Crippen LogP contribution in [0.25, 0.3) is 0 Å². The second-order valence-electron chi connectivity index (χ2n) is 4.44. The first-order valence-corrected chi connectivity index (χ1v) is 5.56. The largest absolute Gasteiger partial charge is 0.496 e. The molecule has 0 aliphatic heterocycles. The Morgan fingerprint density at radius 2 is 2.12 bits per heavy atom. The van der Waals surface area contributed by atoms with Crippen molar-refractivity contribution in [3.05, 3.63) is 29.6 Å². The maximum atomic E-state index is 13.3. The van der Waals surface area contributed by atoms with E-state index in [1.807, 2.05) is 6.92 Å². The van der Waals surface area contributed by atoms with Crippen molar-refractivity contribution in [3.63, 3.8) is 0 Å². The zero-order valence-corrected chi connectivity index (χ0v) is 10.4. The lowest BCUT2D eigenvalue weighted by Crippen LogP contribution is -2.40. The maximum absolute atomic E-state index is 13.3. The van der Waals surface area contributed by atoms with Crippen LogP contribution in [0.1, 0.15) is 32.8 Å². The average Bonchev–Trinajstić information content (AvgIpc) is 2.27. The number of ether oxygens (including phenoxy) is 1. The van der Waals surface area contributed by atoms with Crippen LogP contribution in [0.3, 0.4) is 0 Å². The normalized spacial score (nSPS) is 16.6. The molecule has 1 aromatic rings. The van der Waals surface area contributed by atoms with Crippen molar-refractivity contribution in [2.75, 3.05) is 7.11 Å². The minimum absolute atomic E-state index is 0.253. The molecule has 0 radical (unpaired) electrons. The maximum Gasteiger partial charge on any atom is 0.124 e. The molecule has 1 aromatic carbocycles. The molecule has 0 bridgehead atoms. The highest BCUT2D eigenvalue weighted by Gasteiger charge is 2.30. The molecule has 1 rings (SSSR count). The molecule has 0 aliphatic carbocycles. The topological polar surface area (TPSA) is 35.2 Å². The van der Waals surface area contributed by atoms with Gasteiger partial charge in [-0.3, -0.25) is 0 Å². The molecule has 2 N–H and O–H groups in total. The SMILES string of the molecule is CCC(C)C(C)(N)c1cc(F)ccc1OC. The Balaban J connectivity index is 3.24. The minimum Gasteiger partial charge on any atom is -0.496 e. The van der Waals surface area contributed by atoms with E-state index < -0.39 is 5.54 Å². The van der Waals surface area contributed by atoms with E-state index in [1.54, 1.807) is 13.2 Å². The summed E-state index contributed by atoms with van der Waals surface area (Å²) >= 11 is 0. The monoisotopic (exact) mass is 225 g/mol. The van der Waals surface area contributed by atoms with Gasteiger partial charge < -0.3 is 10.5 Å². The Labute approximate surface area is 96.6 Å². The van der Waals surface area contributed by atoms with Crippen LogP contribution >= 0.6 is 0 Å². The van der Waals surface area contributed by atoms with E-state index in [1.165, 1.54) is 12.1 Å². The summed E-state index contributed by atoms with van der Waals surface area (Å²) in [6.07, 6.45) is 0.937. The smallest absolute Gasteiger partial charge is 0.124 e. The Kier molecular flexibility index (Phi) is 3.92. The molecular weight excluding hydrogens is 205 g/mol. The van der Waals surface area contributed by atoms with Crippen molar-refractivity contribution in [2.45, 2.75) is 32.7 Å². The van der Waals surface area contributed by atoms with Crippen LogP contribution in [0.15, 0.2) is 18.2 Å². The number of benzene rings is 1. The van der Waals surface area contributed by atoms with E-state index in [0.29, 0.717) is 5.75 Å². The third kappa shape index (κ3) is 2.35. The first-order chi connectivity index (χ1) is 7.43. The molecule has 2 atom stereocenters. The third-order valence-corrected chi connectivity index (χ3v) is 3.38. The van der Waals surface area contributed by atoms with Crippen LogP contribution in [-0.2, 0) is 5.54 Å². The van der Waals surface area contributed by atoms with Crippen molar-refractivity contribution < 1.29 is 9.13 Å². The van der Waals surface area contributed by atoms with Crippen molar-refractivity contribution in [2.24, 2.45) is 11.7 Å². The highest BCUT2D eigenvalue weighted by molar-refractivity contribution is 5.39. The molecule has 0 fully saturated rings. The minimum atomic E-state index is -0.581. The second kappa shape index (κ2) is 4.83. The van der Waals surface area contributed by atoms with Crippen molar-refractivity contribution in [1.29, 1.82) is 0 Å². The fourth-order valence-corrected chi connectivity index (χ4v) is 1.79. The van der Waals surface area contributed by atoms with Crippen LogP contribution in [0.2, 0.25) is 0 Å². The Hall–Kier alpha value is -1.09. The summed E-state index contributed by atoms with van der Waals surface area (Å²) in [5, 5.41) is 0. The molecule has 2 nitrogen and oxygen atoms in total. The fourth-order valence-electron chi connectivity index (χ4n) is 1.79. The Morgan fingerprint density at radius 1 is 1.50 bits per heavy atom. The van der Waals surface area contributed by atoms with Crippen LogP contribution in [-0.4, -0.2) is 7.11 Å². The number of hydrogen-bond donors (Lipinski definition) is 1. The van der Waals surface area contributed by atoms with Crippen LogP contribution < -0.4 is 10.5 Å². The van der Waals surface area contributed by atoms with E-state index in [4.69, 9.17) is 10.5 Å². The summed E-state index contributed by atoms with van der Waals surface area (Å²) in [5.74, 6) is 0.616. The van der Waals surface area contributed by atoms with Gasteiger partial charge in [0.05, 0.1) is 7.11 Å². The summed E-state index contributed by atoms with van der Waals surface area (Å²) < 4.78 is 18.5. The summed E-state index contributed by atoms with van der Waals surface area (Å²) in [5.41, 5.74) is 6.44. The molecular formula is C13H20FNO. The number of halogens is 1. The number of rotatable bonds is 4. The first kappa shape index (κ1) is 13.0. The van der Waals surface area contributed by atoms with E-state index in [2.05, 4.69) is 13.8 Å². The van der Waals surface area contributed by atoms with Gasteiger partial charge in [-0.05, 0) is 31.0 Å². The number of nitrogens with two attached hydrogens (primary N) is 1. The zero-order valence-electron chi connectivity index (χ0n) is 10.4. The van der Waals surface area contributed by atoms with Gasteiger partial charge in [0.2, 0.25) is 0 Å². The van der Waals surface area contributed by atoms with E-state index in [-0.39, 0.29) is 11.7 Å². The molecule has 90 valence electrons. The molecule has 0 spiro atoms. The van der Waals surface area contributed by atoms with Gasteiger partial charge in [-0.1, -0.05) is 20.3 Å². The summed E-state index contributed by atoms with van der Waals surface area (Å²) in [7, 11) is 1.57. The van der Waals surface area contributed by atoms with E-state index >= 15 is 0 Å². The molecule has 2 unspecified atom stereocenters. The number of hydrogen-bond acceptors (Lipinski definition) is 2. The zero-order chi connectivity index (χ0) is 12.3. The molecule has 0 aromatic heterocycles. The predicted octanol–water partition coefficient (Wildman–Crippen LogP) is 3.05. The highest BCUT2D eigenvalue weighted by Crippen LogP contribution is 2.35. The molecule has 0 saturated carbocycles. The van der Waals surface area contributed by atoms with Crippen molar-refractivity contribution >= 4 is 0 Å². The lowest BCUT2D eigenvalue weighted by atomic mass is 9.79. The predicted molar refractivity (Wildman–Crippen MR) is 63.9 cm³/mol. The molecule has 16 heavy (non-hydrogen) atoms. The summed E-state index contributed by atoms with van der Waals surface area (Å²) in [6, 6.07) is 4.47. The van der Waals surface area contributed by atoms with Gasteiger partial charge in [-0.15, -0.1) is 0 Å². The van der Waals surface area contributed by atoms with Crippen molar-refractivity contribution in [1.82, 2.24) is 0 Å². The molecule has 0 aliphatic rings. The van der Waals surface area contributed by atoms with Gasteiger partial charge >= 0.3 is 0 Å². The third-order valence-electron chi connectivity index (χ3n) is 3.38. The number of methoxy groups -OCH3 is 1. The highest BCUT2D eigenvalue weighted by atomic mass is 19.1. The Morgan fingerprint density at radius 3 is 2.62 bits per heavy atom. The standard InChI is InChI=1S/C13H20FNO/c1-5-9(2)13(3,15)11-8-10(14)6-7-12(11)16-4/h6-9H,5,15H2,1-4H3. The molecule has 0 saturated heterocycles. The lowest BCUT2D eigenvalue weighted by Gasteiger charge is -2.32. The van der Waals surface area contributed by atoms with E-state index in [9.17, 15) is 4.39 Å². The average molecular weight is 225 g/mol. The molecule has 3 heteroatoms. The van der Waals surface area contributed by atoms with Crippen LogP contribution in [0, 0.1) is 11.7 Å². The van der Waals surface area contributed by atoms with Gasteiger partial charge in [-0.2, -0.15) is 0 Å². The quantitative estimate of drug-likeness (QED) is 0.854. The summed E-state index contributed by atoms with van der Waals surface area (Å²) in [4.78, 5) is 0. The van der Waals surface area contributed by atoms with Gasteiger partial charge in [-0.25, -0.2) is 4.39 Å². The van der Waals surface area contributed by atoms with Gasteiger partial charge in [0.1, 0.15) is 11.6 Å². The van der Waals surface area contributed by atoms with Gasteiger partial charge in [0.15, 0.2) is 0 Å². The van der Waals surface area contributed by atoms with E-state index in [0.717, 1.165) is 12.0 Å². The lowest BCUT2D eigenvalue weighted by molar-refractivity contribution is 0.298. The molecule has 0 amide bonds. The fraction of sp³-hybridized carbons (Fsp3) is 0.538. The Bertz CT molecular complexity index is 363. The van der Waals surface area contributed by atoms with Gasteiger partial charge in [0, 0.05) is 11.1 Å². The second-order valence-corrected chi connectivity index (χ2v) is 4.44. The van der Waals surface area contributed by atoms with Crippen LogP contribution in [0.4, 0.5) is 4.39 Å². The summed E-state index contributed by atoms with van der Waals surface area (Å²) in [6.45, 7) is 6.05. The first-order valence-electron chi connectivity index (χ1n) is 5.56. The molecule has 0 heterocycles. The van der Waals surface area contributed by atoms with Crippen LogP contribution in [0.5, 0.6) is 5.75 Å². The van der Waals surface area contributed by atoms with Gasteiger partial charge in [0.25, 0.3) is 0 Å². The van der Waals surface area contributed by atoms with Crippen molar-refractivity contribution in [3.8, 4) is 5.75 Å².